The molecule has 0 aliphatic carbocycles. The molecular formula is C16H30N2S. The fourth-order valence-corrected chi connectivity index (χ4v) is 3.60. The third-order valence-electron chi connectivity index (χ3n) is 4.15. The van der Waals surface area contributed by atoms with Crippen LogP contribution in [0.4, 0.5) is 0 Å². The Labute approximate surface area is 123 Å². The predicted octanol–water partition coefficient (Wildman–Crippen LogP) is 4.80. The average molecular weight is 282 g/mol. The normalized spacial score (nSPS) is 16.3. The molecule has 110 valence electrons. The molecule has 0 saturated carbocycles. The van der Waals surface area contributed by atoms with Gasteiger partial charge in [0.15, 0.2) is 0 Å². The van der Waals surface area contributed by atoms with Crippen molar-refractivity contribution in [3.05, 3.63) is 15.6 Å². The van der Waals surface area contributed by atoms with E-state index in [1.54, 1.807) is 0 Å². The molecule has 0 aliphatic rings. The summed E-state index contributed by atoms with van der Waals surface area (Å²) < 4.78 is 0. The van der Waals surface area contributed by atoms with Gasteiger partial charge in [-0.25, -0.2) is 4.98 Å². The van der Waals surface area contributed by atoms with E-state index in [-0.39, 0.29) is 5.54 Å². The van der Waals surface area contributed by atoms with Crippen molar-refractivity contribution in [2.24, 2.45) is 5.92 Å². The fraction of sp³-hybridized carbons (Fsp3) is 0.812. The van der Waals surface area contributed by atoms with Crippen LogP contribution in [0.1, 0.15) is 69.0 Å². The highest BCUT2D eigenvalue weighted by Gasteiger charge is 2.34. The monoisotopic (exact) mass is 282 g/mol. The standard InChI is InChI=1S/C16H30N2S/c1-7-10-17-16(9-3,11-12(4)8-2)15-18-13(5)14(6)19-15/h12,17H,7-11H2,1-6H3. The van der Waals surface area contributed by atoms with Gasteiger partial charge < -0.3 is 5.32 Å². The Kier molecular flexibility index (Phi) is 6.48. The summed E-state index contributed by atoms with van der Waals surface area (Å²) in [7, 11) is 0. The molecule has 1 aromatic heterocycles. The van der Waals surface area contributed by atoms with E-state index in [4.69, 9.17) is 4.98 Å². The van der Waals surface area contributed by atoms with Gasteiger partial charge in [-0.1, -0.05) is 34.1 Å². The first kappa shape index (κ1) is 16.6. The summed E-state index contributed by atoms with van der Waals surface area (Å²) in [5, 5.41) is 5.09. The zero-order valence-electron chi connectivity index (χ0n) is 13.5. The van der Waals surface area contributed by atoms with Gasteiger partial charge in [0.25, 0.3) is 0 Å². The van der Waals surface area contributed by atoms with Crippen LogP contribution in [0.5, 0.6) is 0 Å². The van der Waals surface area contributed by atoms with Gasteiger partial charge in [-0.2, -0.15) is 0 Å². The Morgan fingerprint density at radius 1 is 1.26 bits per heavy atom. The van der Waals surface area contributed by atoms with Gasteiger partial charge in [-0.15, -0.1) is 11.3 Å². The summed E-state index contributed by atoms with van der Waals surface area (Å²) in [6.45, 7) is 14.5. The molecule has 1 aromatic rings. The minimum Gasteiger partial charge on any atom is -0.305 e. The maximum atomic E-state index is 4.85. The number of nitrogens with zero attached hydrogens (tertiary/aromatic N) is 1. The summed E-state index contributed by atoms with van der Waals surface area (Å²) in [6.07, 6.45) is 4.71. The highest BCUT2D eigenvalue weighted by molar-refractivity contribution is 7.11. The average Bonchev–Trinajstić information content (AvgIpc) is 2.75. The van der Waals surface area contributed by atoms with Crippen LogP contribution < -0.4 is 5.32 Å². The molecule has 0 radical (unpaired) electrons. The fourth-order valence-electron chi connectivity index (χ4n) is 2.44. The Hall–Kier alpha value is -0.410. The lowest BCUT2D eigenvalue weighted by Crippen LogP contribution is -2.43. The molecule has 1 heterocycles. The maximum absolute atomic E-state index is 4.85. The van der Waals surface area contributed by atoms with Crippen LogP contribution in [0, 0.1) is 19.8 Å². The Bertz CT molecular complexity index is 367. The van der Waals surface area contributed by atoms with Crippen molar-refractivity contribution in [3.63, 3.8) is 0 Å². The van der Waals surface area contributed by atoms with Crippen molar-refractivity contribution in [2.45, 2.75) is 72.8 Å². The summed E-state index contributed by atoms with van der Waals surface area (Å²) in [5.41, 5.74) is 1.27. The molecule has 2 atom stereocenters. The van der Waals surface area contributed by atoms with Crippen LogP contribution in [0.25, 0.3) is 0 Å². The van der Waals surface area contributed by atoms with Gasteiger partial charge in [0, 0.05) is 4.88 Å². The summed E-state index contributed by atoms with van der Waals surface area (Å²) >= 11 is 1.88. The lowest BCUT2D eigenvalue weighted by atomic mass is 9.85. The van der Waals surface area contributed by atoms with Gasteiger partial charge >= 0.3 is 0 Å². The van der Waals surface area contributed by atoms with E-state index < -0.39 is 0 Å². The first-order chi connectivity index (χ1) is 8.99. The molecule has 0 bridgehead atoms. The second kappa shape index (κ2) is 7.39. The van der Waals surface area contributed by atoms with E-state index in [1.165, 1.54) is 34.8 Å². The van der Waals surface area contributed by atoms with E-state index in [1.807, 2.05) is 11.3 Å². The van der Waals surface area contributed by atoms with Crippen LogP contribution in [-0.4, -0.2) is 11.5 Å². The van der Waals surface area contributed by atoms with E-state index in [0.29, 0.717) is 0 Å². The molecule has 1 N–H and O–H groups in total. The molecule has 0 spiro atoms. The van der Waals surface area contributed by atoms with Gasteiger partial charge in [-0.3, -0.25) is 0 Å². The molecule has 0 aromatic carbocycles. The third kappa shape index (κ3) is 4.03. The lowest BCUT2D eigenvalue weighted by Gasteiger charge is -2.34. The highest BCUT2D eigenvalue weighted by Crippen LogP contribution is 2.36. The number of nitrogens with one attached hydrogen (secondary N) is 1. The molecule has 3 heteroatoms. The van der Waals surface area contributed by atoms with E-state index >= 15 is 0 Å². The molecule has 0 aliphatic heterocycles. The van der Waals surface area contributed by atoms with E-state index in [9.17, 15) is 0 Å². The smallest absolute Gasteiger partial charge is 0.113 e. The number of aryl methyl sites for hydroxylation is 2. The Balaban J connectivity index is 3.07. The largest absolute Gasteiger partial charge is 0.305 e. The zero-order chi connectivity index (χ0) is 14.5. The maximum Gasteiger partial charge on any atom is 0.113 e. The first-order valence-electron chi connectivity index (χ1n) is 7.68. The number of aromatic nitrogens is 1. The SMILES string of the molecule is CCCNC(CC)(CC(C)CC)c1nc(C)c(C)s1. The molecule has 1 rings (SSSR count). The minimum atomic E-state index is 0.0785. The molecule has 0 saturated heterocycles. The predicted molar refractivity (Wildman–Crippen MR) is 85.9 cm³/mol. The van der Waals surface area contributed by atoms with Gasteiger partial charge in [-0.05, 0) is 45.6 Å². The molecule has 0 amide bonds. The summed E-state index contributed by atoms with van der Waals surface area (Å²) in [5.74, 6) is 0.730. The van der Waals surface area contributed by atoms with E-state index in [2.05, 4.69) is 46.9 Å². The van der Waals surface area contributed by atoms with Crippen molar-refractivity contribution in [1.29, 1.82) is 0 Å². The summed E-state index contributed by atoms with van der Waals surface area (Å²) in [6, 6.07) is 0. The van der Waals surface area contributed by atoms with Gasteiger partial charge in [0.1, 0.15) is 5.01 Å². The van der Waals surface area contributed by atoms with Crippen molar-refractivity contribution >= 4 is 11.3 Å². The number of thiazole rings is 1. The molecule has 2 unspecified atom stereocenters. The topological polar surface area (TPSA) is 24.9 Å². The zero-order valence-corrected chi connectivity index (χ0v) is 14.3. The number of hydrogen-bond donors (Lipinski definition) is 1. The second-order valence-electron chi connectivity index (χ2n) is 5.74. The summed E-state index contributed by atoms with van der Waals surface area (Å²) in [4.78, 5) is 6.21. The molecule has 2 nitrogen and oxygen atoms in total. The van der Waals surface area contributed by atoms with Crippen LogP contribution >= 0.6 is 11.3 Å². The quantitative estimate of drug-likeness (QED) is 0.740. The Morgan fingerprint density at radius 2 is 1.95 bits per heavy atom. The Morgan fingerprint density at radius 3 is 2.37 bits per heavy atom. The lowest BCUT2D eigenvalue weighted by molar-refractivity contribution is 0.249. The van der Waals surface area contributed by atoms with Crippen molar-refractivity contribution < 1.29 is 0 Å². The second-order valence-corrected chi connectivity index (χ2v) is 6.94. The van der Waals surface area contributed by atoms with Crippen LogP contribution in [0.15, 0.2) is 0 Å². The number of hydrogen-bond acceptors (Lipinski definition) is 3. The minimum absolute atomic E-state index is 0.0785. The van der Waals surface area contributed by atoms with Crippen LogP contribution in [-0.2, 0) is 5.54 Å². The van der Waals surface area contributed by atoms with Crippen molar-refractivity contribution in [1.82, 2.24) is 10.3 Å². The van der Waals surface area contributed by atoms with Crippen LogP contribution in [0.2, 0.25) is 0 Å². The van der Waals surface area contributed by atoms with Crippen molar-refractivity contribution in [2.75, 3.05) is 6.54 Å². The third-order valence-corrected chi connectivity index (χ3v) is 5.43. The van der Waals surface area contributed by atoms with E-state index in [0.717, 1.165) is 18.9 Å². The van der Waals surface area contributed by atoms with Gasteiger partial charge in [0.05, 0.1) is 11.2 Å². The first-order valence-corrected chi connectivity index (χ1v) is 8.50. The molecule has 19 heavy (non-hydrogen) atoms. The highest BCUT2D eigenvalue weighted by atomic mass is 32.1. The van der Waals surface area contributed by atoms with Gasteiger partial charge in [0.2, 0.25) is 0 Å². The van der Waals surface area contributed by atoms with Crippen molar-refractivity contribution in [3.8, 4) is 0 Å². The molecule has 0 fully saturated rings. The van der Waals surface area contributed by atoms with Crippen LogP contribution in [0.3, 0.4) is 0 Å². The number of rotatable bonds is 8. The molecular weight excluding hydrogens is 252 g/mol.